The molecule has 0 spiro atoms. The van der Waals surface area contributed by atoms with Gasteiger partial charge in [-0.05, 0) is 58.1 Å². The highest BCUT2D eigenvalue weighted by atomic mass is 28.4. The summed E-state index contributed by atoms with van der Waals surface area (Å²) < 4.78 is 5.92. The Morgan fingerprint density at radius 2 is 1.59 bits per heavy atom. The van der Waals surface area contributed by atoms with Crippen LogP contribution in [0.4, 0.5) is 0 Å². The van der Waals surface area contributed by atoms with E-state index >= 15 is 0 Å². The molecule has 0 atom stereocenters. The molecule has 1 N–H and O–H groups in total. The number of rotatable bonds is 4. The molecule has 0 aliphatic carbocycles. The summed E-state index contributed by atoms with van der Waals surface area (Å²) in [4.78, 5) is 0. The Morgan fingerprint density at radius 1 is 1.06 bits per heavy atom. The monoisotopic (exact) mass is 251 g/mol. The van der Waals surface area contributed by atoms with Crippen molar-refractivity contribution in [2.75, 3.05) is 0 Å². The van der Waals surface area contributed by atoms with Crippen LogP contribution in [0.25, 0.3) is 0 Å². The molecule has 0 radical (unpaired) electrons. The van der Waals surface area contributed by atoms with Gasteiger partial charge in [-0.1, -0.05) is 12.1 Å². The fraction of sp³-hybridized carbons (Fsp3) is 0.571. The van der Waals surface area contributed by atoms with Crippen LogP contribution < -0.4 is 9.74 Å². The van der Waals surface area contributed by atoms with Crippen molar-refractivity contribution >= 4 is 8.32 Å². The summed E-state index contributed by atoms with van der Waals surface area (Å²) in [5.41, 5.74) is 1.45. The van der Waals surface area contributed by atoms with Crippen LogP contribution >= 0.6 is 0 Å². The number of hydrogen-bond acceptors (Lipinski definition) is 2. The highest BCUT2D eigenvalue weighted by molar-refractivity contribution is 6.70. The van der Waals surface area contributed by atoms with Crippen LogP contribution in [0, 0.1) is 0 Å². The van der Waals surface area contributed by atoms with E-state index in [0.717, 1.165) is 12.3 Å². The summed E-state index contributed by atoms with van der Waals surface area (Å²) in [6.07, 6.45) is 0. The Hall–Kier alpha value is -0.803. The number of nitrogens with one attached hydrogen (secondary N) is 1. The lowest BCUT2D eigenvalue weighted by atomic mass is 10.1. The molecule has 1 aromatic rings. The van der Waals surface area contributed by atoms with Crippen molar-refractivity contribution in [3.05, 3.63) is 29.8 Å². The Kier molecular flexibility index (Phi) is 4.39. The first-order valence-electron chi connectivity index (χ1n) is 6.19. The molecular weight excluding hydrogens is 226 g/mol. The maximum absolute atomic E-state index is 5.92. The predicted molar refractivity (Wildman–Crippen MR) is 77.0 cm³/mol. The normalized spacial score (nSPS) is 12.6. The molecule has 0 aliphatic heterocycles. The van der Waals surface area contributed by atoms with E-state index in [4.69, 9.17) is 4.43 Å². The molecular formula is C14H25NOSi. The molecule has 0 aliphatic rings. The van der Waals surface area contributed by atoms with Gasteiger partial charge in [-0.2, -0.15) is 0 Å². The topological polar surface area (TPSA) is 21.3 Å². The van der Waals surface area contributed by atoms with E-state index in [9.17, 15) is 0 Å². The molecule has 0 saturated carbocycles. The summed E-state index contributed by atoms with van der Waals surface area (Å²) in [5, 5.41) is 3.47. The van der Waals surface area contributed by atoms with Gasteiger partial charge in [0.15, 0.2) is 0 Å². The maximum Gasteiger partial charge on any atom is 0.242 e. The Labute approximate surface area is 107 Å². The molecule has 0 bridgehead atoms. The lowest BCUT2D eigenvalue weighted by Crippen LogP contribution is -2.35. The van der Waals surface area contributed by atoms with Gasteiger partial charge in [-0.15, -0.1) is 0 Å². The summed E-state index contributed by atoms with van der Waals surface area (Å²) >= 11 is 0. The van der Waals surface area contributed by atoms with E-state index in [0.29, 0.717) is 0 Å². The predicted octanol–water partition coefficient (Wildman–Crippen LogP) is 3.79. The zero-order valence-corrected chi connectivity index (χ0v) is 12.9. The fourth-order valence-electron chi connectivity index (χ4n) is 1.40. The zero-order valence-electron chi connectivity index (χ0n) is 11.9. The molecule has 1 aromatic carbocycles. The van der Waals surface area contributed by atoms with Crippen molar-refractivity contribution in [1.29, 1.82) is 0 Å². The minimum absolute atomic E-state index is 0.160. The lowest BCUT2D eigenvalue weighted by molar-refractivity contribution is 0.424. The Bertz CT molecular complexity index is 346. The van der Waals surface area contributed by atoms with E-state index in [1.54, 1.807) is 0 Å². The minimum Gasteiger partial charge on any atom is -0.544 e. The zero-order chi connectivity index (χ0) is 13.1. The molecule has 0 heterocycles. The van der Waals surface area contributed by atoms with Gasteiger partial charge in [-0.3, -0.25) is 0 Å². The standard InChI is InChI=1S/C14H25NOSi/c1-14(2,3)15-11-12-7-9-13(10-8-12)16-17(4,5)6/h7-10,15H,11H2,1-6H3. The van der Waals surface area contributed by atoms with E-state index in [1.807, 2.05) is 0 Å². The highest BCUT2D eigenvalue weighted by Crippen LogP contribution is 2.17. The molecule has 0 aromatic heterocycles. The van der Waals surface area contributed by atoms with Gasteiger partial charge >= 0.3 is 0 Å². The van der Waals surface area contributed by atoms with Gasteiger partial charge in [0.2, 0.25) is 8.32 Å². The van der Waals surface area contributed by atoms with Crippen molar-refractivity contribution in [2.24, 2.45) is 0 Å². The van der Waals surface area contributed by atoms with Crippen molar-refractivity contribution in [1.82, 2.24) is 5.32 Å². The van der Waals surface area contributed by atoms with Gasteiger partial charge in [0.05, 0.1) is 0 Å². The van der Waals surface area contributed by atoms with Crippen molar-refractivity contribution in [3.8, 4) is 5.75 Å². The largest absolute Gasteiger partial charge is 0.544 e. The van der Waals surface area contributed by atoms with E-state index in [1.165, 1.54) is 5.56 Å². The van der Waals surface area contributed by atoms with E-state index in [2.05, 4.69) is 70.0 Å². The summed E-state index contributed by atoms with van der Waals surface area (Å²) in [5.74, 6) is 0.990. The van der Waals surface area contributed by atoms with Crippen LogP contribution in [0.15, 0.2) is 24.3 Å². The second-order valence-corrected chi connectivity index (χ2v) is 10.9. The van der Waals surface area contributed by atoms with Crippen LogP contribution in [-0.2, 0) is 6.54 Å². The summed E-state index contributed by atoms with van der Waals surface area (Å²) in [6.45, 7) is 14.0. The first kappa shape index (κ1) is 14.3. The molecule has 0 unspecified atom stereocenters. The molecule has 1 rings (SSSR count). The van der Waals surface area contributed by atoms with Gasteiger partial charge in [0.1, 0.15) is 5.75 Å². The third-order valence-electron chi connectivity index (χ3n) is 2.17. The molecule has 17 heavy (non-hydrogen) atoms. The van der Waals surface area contributed by atoms with E-state index < -0.39 is 8.32 Å². The van der Waals surface area contributed by atoms with Gasteiger partial charge in [0, 0.05) is 12.1 Å². The van der Waals surface area contributed by atoms with Crippen molar-refractivity contribution in [2.45, 2.75) is 52.5 Å². The number of benzene rings is 1. The average Bonchev–Trinajstić information content (AvgIpc) is 2.13. The summed E-state index contributed by atoms with van der Waals surface area (Å²) in [7, 11) is -1.48. The molecule has 3 heteroatoms. The minimum atomic E-state index is -1.48. The van der Waals surface area contributed by atoms with Crippen LogP contribution in [0.5, 0.6) is 5.75 Å². The van der Waals surface area contributed by atoms with Crippen molar-refractivity contribution < 1.29 is 4.43 Å². The Balaban J connectivity index is 2.56. The van der Waals surface area contributed by atoms with Crippen molar-refractivity contribution in [3.63, 3.8) is 0 Å². The second-order valence-electron chi connectivity index (χ2n) is 6.46. The van der Waals surface area contributed by atoms with Crippen LogP contribution in [-0.4, -0.2) is 13.9 Å². The van der Waals surface area contributed by atoms with E-state index in [-0.39, 0.29) is 5.54 Å². The second kappa shape index (κ2) is 5.23. The molecule has 0 amide bonds. The Morgan fingerprint density at radius 3 is 2.00 bits per heavy atom. The van der Waals surface area contributed by atoms with Gasteiger partial charge < -0.3 is 9.74 Å². The van der Waals surface area contributed by atoms with Crippen LogP contribution in [0.2, 0.25) is 19.6 Å². The first-order valence-corrected chi connectivity index (χ1v) is 9.59. The molecule has 96 valence electrons. The first-order chi connectivity index (χ1) is 7.66. The SMILES string of the molecule is CC(C)(C)NCc1ccc(O[Si](C)(C)C)cc1. The quantitative estimate of drug-likeness (QED) is 0.822. The third kappa shape index (κ3) is 6.49. The lowest BCUT2D eigenvalue weighted by Gasteiger charge is -2.21. The smallest absolute Gasteiger partial charge is 0.242 e. The van der Waals surface area contributed by atoms with Gasteiger partial charge in [0.25, 0.3) is 0 Å². The highest BCUT2D eigenvalue weighted by Gasteiger charge is 2.16. The fourth-order valence-corrected chi connectivity index (χ4v) is 2.24. The molecule has 2 nitrogen and oxygen atoms in total. The average molecular weight is 251 g/mol. The maximum atomic E-state index is 5.92. The third-order valence-corrected chi connectivity index (χ3v) is 3.02. The van der Waals surface area contributed by atoms with Crippen LogP contribution in [0.1, 0.15) is 26.3 Å². The number of hydrogen-bond donors (Lipinski definition) is 1. The summed E-state index contributed by atoms with van der Waals surface area (Å²) in [6, 6.07) is 8.40. The molecule has 0 saturated heterocycles. The van der Waals surface area contributed by atoms with Crippen LogP contribution in [0.3, 0.4) is 0 Å². The van der Waals surface area contributed by atoms with Gasteiger partial charge in [-0.25, -0.2) is 0 Å². The molecule has 0 fully saturated rings.